The van der Waals surface area contributed by atoms with Crippen LogP contribution in [0.4, 0.5) is 10.5 Å². The average molecular weight is 378 g/mol. The zero-order chi connectivity index (χ0) is 19.1. The summed E-state index contributed by atoms with van der Waals surface area (Å²) in [6, 6.07) is 14.4. The number of benzene rings is 2. The van der Waals surface area contributed by atoms with Gasteiger partial charge in [0.15, 0.2) is 17.7 Å². The fourth-order valence-corrected chi connectivity index (χ4v) is 2.69. The second-order valence-corrected chi connectivity index (χ2v) is 6.38. The highest BCUT2D eigenvalue weighted by molar-refractivity contribution is 6.30. The van der Waals surface area contributed by atoms with Crippen molar-refractivity contribution in [1.82, 2.24) is 0 Å². The summed E-state index contributed by atoms with van der Waals surface area (Å²) in [5.74, 6) is 0.818. The lowest BCUT2D eigenvalue weighted by Gasteiger charge is -2.29. The zero-order valence-corrected chi connectivity index (χ0v) is 16.2. The van der Waals surface area contributed by atoms with E-state index >= 15 is 0 Å². The van der Waals surface area contributed by atoms with Gasteiger partial charge in [-0.3, -0.25) is 0 Å². The van der Waals surface area contributed by atoms with Gasteiger partial charge in [-0.05, 0) is 58.0 Å². The smallest absolute Gasteiger partial charge is 0.487 e. The SMILES string of the molecule is CCN(c1cccc(Cl)c1)C(C)OC(=O)Oc1ccccc1OC(C)C. The standard InChI is InChI=1S/C20H24ClNO4/c1-5-22(17-10-8-9-16(21)13-17)15(4)25-20(23)26-19-12-7-6-11-18(19)24-14(2)3/h6-15H,5H2,1-4H3. The van der Waals surface area contributed by atoms with Gasteiger partial charge in [0.1, 0.15) is 0 Å². The van der Waals surface area contributed by atoms with E-state index < -0.39 is 12.4 Å². The Morgan fingerprint density at radius 3 is 2.38 bits per heavy atom. The predicted molar refractivity (Wildman–Crippen MR) is 103 cm³/mol. The highest BCUT2D eigenvalue weighted by Gasteiger charge is 2.20. The Balaban J connectivity index is 2.05. The number of anilines is 1. The van der Waals surface area contributed by atoms with Gasteiger partial charge in [-0.25, -0.2) is 4.79 Å². The number of ether oxygens (including phenoxy) is 3. The summed E-state index contributed by atoms with van der Waals surface area (Å²) in [4.78, 5) is 14.1. The maximum atomic E-state index is 12.2. The Morgan fingerprint density at radius 2 is 1.77 bits per heavy atom. The van der Waals surface area contributed by atoms with Crippen molar-refractivity contribution < 1.29 is 19.0 Å². The molecular weight excluding hydrogens is 354 g/mol. The van der Waals surface area contributed by atoms with Gasteiger partial charge in [0, 0.05) is 17.3 Å². The molecule has 0 saturated heterocycles. The van der Waals surface area contributed by atoms with Crippen LogP contribution in [0.2, 0.25) is 5.02 Å². The van der Waals surface area contributed by atoms with E-state index in [1.54, 1.807) is 31.2 Å². The molecule has 140 valence electrons. The van der Waals surface area contributed by atoms with Crippen molar-refractivity contribution in [2.45, 2.75) is 40.0 Å². The number of para-hydroxylation sites is 2. The first-order valence-electron chi connectivity index (χ1n) is 8.57. The Hall–Kier alpha value is -2.40. The summed E-state index contributed by atoms with van der Waals surface area (Å²) in [5, 5.41) is 0.621. The van der Waals surface area contributed by atoms with Crippen LogP contribution in [0.15, 0.2) is 48.5 Å². The molecule has 2 rings (SSSR count). The highest BCUT2D eigenvalue weighted by atomic mass is 35.5. The minimum Gasteiger partial charge on any atom is -0.487 e. The molecule has 1 atom stereocenters. The van der Waals surface area contributed by atoms with Gasteiger partial charge in [0.05, 0.1) is 6.10 Å². The van der Waals surface area contributed by atoms with Crippen molar-refractivity contribution in [2.24, 2.45) is 0 Å². The van der Waals surface area contributed by atoms with Gasteiger partial charge in [0.2, 0.25) is 0 Å². The van der Waals surface area contributed by atoms with Crippen LogP contribution in [0.5, 0.6) is 11.5 Å². The molecular formula is C20H24ClNO4. The van der Waals surface area contributed by atoms with Crippen LogP contribution < -0.4 is 14.4 Å². The lowest BCUT2D eigenvalue weighted by Crippen LogP contribution is -2.37. The van der Waals surface area contributed by atoms with E-state index in [1.807, 2.05) is 49.9 Å². The van der Waals surface area contributed by atoms with Crippen LogP contribution in [0.1, 0.15) is 27.7 Å². The van der Waals surface area contributed by atoms with Crippen LogP contribution in [0, 0.1) is 0 Å². The second-order valence-electron chi connectivity index (χ2n) is 5.95. The lowest BCUT2D eigenvalue weighted by molar-refractivity contribution is 0.0630. The first-order chi connectivity index (χ1) is 12.4. The molecule has 0 heterocycles. The third-order valence-corrected chi connectivity index (χ3v) is 3.83. The van der Waals surface area contributed by atoms with Crippen LogP contribution in [0.25, 0.3) is 0 Å². The lowest BCUT2D eigenvalue weighted by atomic mass is 10.3. The van der Waals surface area contributed by atoms with E-state index in [0.29, 0.717) is 23.1 Å². The Morgan fingerprint density at radius 1 is 1.08 bits per heavy atom. The van der Waals surface area contributed by atoms with Gasteiger partial charge in [-0.15, -0.1) is 0 Å². The van der Waals surface area contributed by atoms with Crippen LogP contribution in [-0.2, 0) is 4.74 Å². The maximum Gasteiger partial charge on any atom is 0.515 e. The van der Waals surface area contributed by atoms with Gasteiger partial charge in [0.25, 0.3) is 0 Å². The molecule has 6 heteroatoms. The normalized spacial score (nSPS) is 11.8. The molecule has 0 aliphatic carbocycles. The molecule has 1 unspecified atom stereocenters. The van der Waals surface area contributed by atoms with Crippen LogP contribution in [0.3, 0.4) is 0 Å². The van der Waals surface area contributed by atoms with Crippen molar-refractivity contribution in [1.29, 1.82) is 0 Å². The Bertz CT molecular complexity index is 735. The molecule has 2 aromatic carbocycles. The third kappa shape index (κ3) is 5.56. The van der Waals surface area contributed by atoms with E-state index in [9.17, 15) is 4.79 Å². The number of hydrogen-bond donors (Lipinski definition) is 0. The molecule has 0 aliphatic rings. The molecule has 0 aliphatic heterocycles. The Labute approximate surface area is 159 Å². The van der Waals surface area contributed by atoms with E-state index in [0.717, 1.165) is 5.69 Å². The fraction of sp³-hybridized carbons (Fsp3) is 0.350. The van der Waals surface area contributed by atoms with Crippen molar-refractivity contribution in [2.75, 3.05) is 11.4 Å². The molecule has 0 aromatic heterocycles. The van der Waals surface area contributed by atoms with Gasteiger partial charge in [-0.2, -0.15) is 0 Å². The van der Waals surface area contributed by atoms with E-state index in [4.69, 9.17) is 25.8 Å². The molecule has 26 heavy (non-hydrogen) atoms. The van der Waals surface area contributed by atoms with Crippen molar-refractivity contribution in [3.8, 4) is 11.5 Å². The van der Waals surface area contributed by atoms with Crippen molar-refractivity contribution in [3.63, 3.8) is 0 Å². The molecule has 5 nitrogen and oxygen atoms in total. The molecule has 0 radical (unpaired) electrons. The molecule has 0 N–H and O–H groups in total. The number of nitrogens with zero attached hydrogens (tertiary/aromatic N) is 1. The number of halogens is 1. The van der Waals surface area contributed by atoms with Gasteiger partial charge in [-0.1, -0.05) is 29.8 Å². The largest absolute Gasteiger partial charge is 0.515 e. The first-order valence-corrected chi connectivity index (χ1v) is 8.94. The van der Waals surface area contributed by atoms with Gasteiger partial charge < -0.3 is 19.1 Å². The quantitative estimate of drug-likeness (QED) is 0.361. The van der Waals surface area contributed by atoms with Crippen LogP contribution >= 0.6 is 11.6 Å². The van der Waals surface area contributed by atoms with E-state index in [1.165, 1.54) is 0 Å². The summed E-state index contributed by atoms with van der Waals surface area (Å²) in [7, 11) is 0. The van der Waals surface area contributed by atoms with E-state index in [-0.39, 0.29) is 6.10 Å². The molecule has 0 saturated carbocycles. The minimum atomic E-state index is -0.794. The molecule has 0 bridgehead atoms. The number of carbonyl (C=O) groups excluding carboxylic acids is 1. The second kappa shape index (κ2) is 9.34. The summed E-state index contributed by atoms with van der Waals surface area (Å²) in [5.41, 5.74) is 0.865. The number of carbonyl (C=O) groups is 1. The number of hydrogen-bond acceptors (Lipinski definition) is 5. The molecule has 0 fully saturated rings. The topological polar surface area (TPSA) is 48.0 Å². The summed E-state index contributed by atoms with van der Waals surface area (Å²) in [6.45, 7) is 8.20. The Kier molecular flexibility index (Phi) is 7.16. The average Bonchev–Trinajstić information content (AvgIpc) is 2.57. The first kappa shape index (κ1) is 19.9. The highest BCUT2D eigenvalue weighted by Crippen LogP contribution is 2.28. The predicted octanol–water partition coefficient (Wildman–Crippen LogP) is 5.52. The van der Waals surface area contributed by atoms with Crippen molar-refractivity contribution >= 4 is 23.4 Å². The van der Waals surface area contributed by atoms with Crippen LogP contribution in [-0.4, -0.2) is 25.0 Å². The summed E-state index contributed by atoms with van der Waals surface area (Å²) < 4.78 is 16.4. The summed E-state index contributed by atoms with van der Waals surface area (Å²) in [6.07, 6.45) is -1.35. The maximum absolute atomic E-state index is 12.2. The van der Waals surface area contributed by atoms with Gasteiger partial charge >= 0.3 is 6.16 Å². The fourth-order valence-electron chi connectivity index (χ4n) is 2.51. The molecule has 0 spiro atoms. The van der Waals surface area contributed by atoms with E-state index in [2.05, 4.69) is 0 Å². The molecule has 0 amide bonds. The summed E-state index contributed by atoms with van der Waals surface area (Å²) >= 11 is 6.05. The monoisotopic (exact) mass is 377 g/mol. The third-order valence-electron chi connectivity index (χ3n) is 3.59. The van der Waals surface area contributed by atoms with Crippen molar-refractivity contribution in [3.05, 3.63) is 53.6 Å². The minimum absolute atomic E-state index is 0.0342. The zero-order valence-electron chi connectivity index (χ0n) is 15.4. The number of rotatable bonds is 7. The molecule has 2 aromatic rings.